The van der Waals surface area contributed by atoms with E-state index in [-0.39, 0.29) is 11.9 Å². The molecule has 0 radical (unpaired) electrons. The molecule has 1 heterocycles. The molecule has 1 aromatic heterocycles. The largest absolute Gasteiger partial charge is 0.349 e. The molecular weight excluding hydrogens is 274 g/mol. The van der Waals surface area contributed by atoms with Crippen molar-refractivity contribution in [2.75, 3.05) is 0 Å². The molecule has 3 rings (SSSR count). The monoisotopic (exact) mass is 289 g/mol. The molecule has 2 aromatic rings. The van der Waals surface area contributed by atoms with Gasteiger partial charge < -0.3 is 5.32 Å². The van der Waals surface area contributed by atoms with E-state index in [4.69, 9.17) is 11.6 Å². The van der Waals surface area contributed by atoms with E-state index in [1.807, 2.05) is 18.2 Å². The van der Waals surface area contributed by atoms with E-state index < -0.39 is 0 Å². The zero-order valence-corrected chi connectivity index (χ0v) is 12.2. The van der Waals surface area contributed by atoms with Gasteiger partial charge in [-0.1, -0.05) is 41.9 Å². The van der Waals surface area contributed by atoms with Crippen LogP contribution in [0.3, 0.4) is 0 Å². The maximum atomic E-state index is 12.3. The lowest BCUT2D eigenvalue weighted by molar-refractivity contribution is 0.0950. The molecule has 2 atom stereocenters. The molecule has 104 valence electrons. The molecular formula is C15H16ClN3O. The summed E-state index contributed by atoms with van der Waals surface area (Å²) in [6.07, 6.45) is 0.979. The van der Waals surface area contributed by atoms with E-state index in [0.717, 1.165) is 6.42 Å². The Morgan fingerprint density at radius 1 is 1.40 bits per heavy atom. The summed E-state index contributed by atoms with van der Waals surface area (Å²) < 4.78 is 1.52. The van der Waals surface area contributed by atoms with Gasteiger partial charge in [0.25, 0.3) is 5.91 Å². The summed E-state index contributed by atoms with van der Waals surface area (Å²) >= 11 is 6.11. The van der Waals surface area contributed by atoms with Crippen LogP contribution in [0, 0.1) is 6.92 Å². The highest BCUT2D eigenvalue weighted by molar-refractivity contribution is 6.33. The van der Waals surface area contributed by atoms with Gasteiger partial charge in [0.1, 0.15) is 5.15 Å². The summed E-state index contributed by atoms with van der Waals surface area (Å²) in [4.78, 5) is 12.3. The van der Waals surface area contributed by atoms with E-state index in [2.05, 4.69) is 22.5 Å². The van der Waals surface area contributed by atoms with Gasteiger partial charge in [0.15, 0.2) is 0 Å². The van der Waals surface area contributed by atoms with Gasteiger partial charge in [-0.15, -0.1) is 0 Å². The third kappa shape index (κ3) is 2.31. The van der Waals surface area contributed by atoms with Gasteiger partial charge in [-0.25, -0.2) is 0 Å². The molecule has 1 amide bonds. The Kier molecular flexibility index (Phi) is 3.26. The van der Waals surface area contributed by atoms with Crippen molar-refractivity contribution in [1.82, 2.24) is 15.1 Å². The quantitative estimate of drug-likeness (QED) is 0.944. The Bertz CT molecular complexity index is 651. The molecule has 5 heteroatoms. The van der Waals surface area contributed by atoms with E-state index in [0.29, 0.717) is 22.3 Å². The summed E-state index contributed by atoms with van der Waals surface area (Å²) in [6, 6.07) is 10.4. The first kappa shape index (κ1) is 13.2. The fourth-order valence-electron chi connectivity index (χ4n) is 2.55. The smallest absolute Gasteiger partial charge is 0.256 e. The van der Waals surface area contributed by atoms with Crippen molar-refractivity contribution in [3.63, 3.8) is 0 Å². The minimum Gasteiger partial charge on any atom is -0.349 e. The van der Waals surface area contributed by atoms with Crippen molar-refractivity contribution >= 4 is 17.5 Å². The van der Waals surface area contributed by atoms with Gasteiger partial charge in [-0.05, 0) is 18.9 Å². The van der Waals surface area contributed by atoms with Crippen LogP contribution < -0.4 is 5.32 Å². The highest BCUT2D eigenvalue weighted by Gasteiger charge is 2.40. The minimum atomic E-state index is -0.135. The first-order valence-electron chi connectivity index (χ1n) is 6.63. The number of hydrogen-bond donors (Lipinski definition) is 1. The Balaban J connectivity index is 1.70. The van der Waals surface area contributed by atoms with Crippen LogP contribution in [-0.4, -0.2) is 21.7 Å². The number of aromatic nitrogens is 2. The SMILES string of the molecule is Cc1nn(C)c(Cl)c1C(=O)NC1CC1c1ccccc1. The van der Waals surface area contributed by atoms with Gasteiger partial charge in [0.2, 0.25) is 0 Å². The topological polar surface area (TPSA) is 46.9 Å². The lowest BCUT2D eigenvalue weighted by Crippen LogP contribution is -2.27. The maximum absolute atomic E-state index is 12.3. The number of carbonyl (C=O) groups is 1. The summed E-state index contributed by atoms with van der Waals surface area (Å²) in [6.45, 7) is 1.79. The lowest BCUT2D eigenvalue weighted by atomic mass is 10.1. The third-order valence-electron chi connectivity index (χ3n) is 3.71. The number of carbonyl (C=O) groups excluding carboxylic acids is 1. The molecule has 1 aliphatic rings. The molecule has 2 unspecified atom stereocenters. The zero-order valence-electron chi connectivity index (χ0n) is 11.4. The Hall–Kier alpha value is -1.81. The maximum Gasteiger partial charge on any atom is 0.256 e. The summed E-state index contributed by atoms with van der Waals surface area (Å²) in [5.41, 5.74) is 2.41. The highest BCUT2D eigenvalue weighted by Crippen LogP contribution is 2.40. The number of aryl methyl sites for hydroxylation is 2. The van der Waals surface area contributed by atoms with Crippen molar-refractivity contribution in [2.24, 2.45) is 7.05 Å². The predicted molar refractivity (Wildman–Crippen MR) is 78.0 cm³/mol. The molecule has 1 aliphatic carbocycles. The van der Waals surface area contributed by atoms with E-state index in [9.17, 15) is 4.79 Å². The molecule has 1 aromatic carbocycles. The van der Waals surface area contributed by atoms with Crippen molar-refractivity contribution in [3.05, 3.63) is 52.3 Å². The van der Waals surface area contributed by atoms with Gasteiger partial charge in [-0.2, -0.15) is 5.10 Å². The fourth-order valence-corrected chi connectivity index (χ4v) is 2.81. The van der Waals surface area contributed by atoms with Crippen molar-refractivity contribution < 1.29 is 4.79 Å². The number of benzene rings is 1. The van der Waals surface area contributed by atoms with Gasteiger partial charge in [-0.3, -0.25) is 9.48 Å². The van der Waals surface area contributed by atoms with Crippen LogP contribution in [-0.2, 0) is 7.05 Å². The fraction of sp³-hybridized carbons (Fsp3) is 0.333. The molecule has 0 aliphatic heterocycles. The molecule has 1 N–H and O–H groups in total. The summed E-state index contributed by atoms with van der Waals surface area (Å²) in [5.74, 6) is 0.278. The van der Waals surface area contributed by atoms with Crippen molar-refractivity contribution in [1.29, 1.82) is 0 Å². The van der Waals surface area contributed by atoms with Crippen molar-refractivity contribution in [2.45, 2.75) is 25.3 Å². The zero-order chi connectivity index (χ0) is 14.3. The van der Waals surface area contributed by atoms with Crippen LogP contribution in [0.4, 0.5) is 0 Å². The van der Waals surface area contributed by atoms with E-state index >= 15 is 0 Å². The van der Waals surface area contributed by atoms with Crippen LogP contribution >= 0.6 is 11.6 Å². The van der Waals surface area contributed by atoms with E-state index in [1.54, 1.807) is 14.0 Å². The van der Waals surface area contributed by atoms with Crippen LogP contribution in [0.5, 0.6) is 0 Å². The average molecular weight is 290 g/mol. The van der Waals surface area contributed by atoms with Crippen LogP contribution in [0.2, 0.25) is 5.15 Å². The standard InChI is InChI=1S/C15H16ClN3O/c1-9-13(14(16)19(2)18-9)15(20)17-12-8-11(12)10-6-4-3-5-7-10/h3-7,11-12H,8H2,1-2H3,(H,17,20). The molecule has 0 saturated heterocycles. The lowest BCUT2D eigenvalue weighted by Gasteiger charge is -2.04. The van der Waals surface area contributed by atoms with Gasteiger partial charge in [0.05, 0.1) is 11.3 Å². The molecule has 20 heavy (non-hydrogen) atoms. The molecule has 0 spiro atoms. The number of hydrogen-bond acceptors (Lipinski definition) is 2. The number of halogens is 1. The normalized spacial score (nSPS) is 20.8. The molecule has 1 fully saturated rings. The summed E-state index contributed by atoms with van der Waals surface area (Å²) in [7, 11) is 1.73. The van der Waals surface area contributed by atoms with Gasteiger partial charge in [0, 0.05) is 19.0 Å². The van der Waals surface area contributed by atoms with Crippen molar-refractivity contribution in [3.8, 4) is 0 Å². The molecule has 1 saturated carbocycles. The third-order valence-corrected chi connectivity index (χ3v) is 4.15. The molecule has 0 bridgehead atoms. The van der Waals surface area contributed by atoms with E-state index in [1.165, 1.54) is 10.2 Å². The Labute approximate surface area is 122 Å². The second-order valence-electron chi connectivity index (χ2n) is 5.21. The number of amides is 1. The predicted octanol–water partition coefficient (Wildman–Crippen LogP) is 2.67. The first-order chi connectivity index (χ1) is 9.58. The minimum absolute atomic E-state index is 0.135. The molecule has 4 nitrogen and oxygen atoms in total. The number of nitrogens with zero attached hydrogens (tertiary/aromatic N) is 2. The summed E-state index contributed by atoms with van der Waals surface area (Å²) in [5, 5.41) is 7.58. The average Bonchev–Trinajstić information content (AvgIpc) is 3.13. The first-order valence-corrected chi connectivity index (χ1v) is 7.00. The second-order valence-corrected chi connectivity index (χ2v) is 5.57. The Morgan fingerprint density at radius 3 is 2.70 bits per heavy atom. The van der Waals surface area contributed by atoms with Crippen LogP contribution in [0.1, 0.15) is 34.0 Å². The van der Waals surface area contributed by atoms with Crippen LogP contribution in [0.15, 0.2) is 30.3 Å². The van der Waals surface area contributed by atoms with Crippen LogP contribution in [0.25, 0.3) is 0 Å². The highest BCUT2D eigenvalue weighted by atomic mass is 35.5. The van der Waals surface area contributed by atoms with Gasteiger partial charge >= 0.3 is 0 Å². The Morgan fingerprint density at radius 2 is 2.10 bits per heavy atom. The second kappa shape index (κ2) is 4.94. The number of rotatable bonds is 3. The number of nitrogens with one attached hydrogen (secondary N) is 1.